The molecule has 1 unspecified atom stereocenters. The summed E-state index contributed by atoms with van der Waals surface area (Å²) in [5.74, 6) is 0.693. The molecule has 3 nitrogen and oxygen atoms in total. The van der Waals surface area contributed by atoms with Gasteiger partial charge in [-0.05, 0) is 61.5 Å². The van der Waals surface area contributed by atoms with Gasteiger partial charge in [-0.3, -0.25) is 4.90 Å². The molecular formula is C24H31BrN2O. The Hall–Kier alpha value is -1.20. The molecule has 2 fully saturated rings. The first-order chi connectivity index (χ1) is 13.8. The summed E-state index contributed by atoms with van der Waals surface area (Å²) in [5.41, 5.74) is 2.88. The second-order valence-electron chi connectivity index (χ2n) is 8.20. The third-order valence-corrected chi connectivity index (χ3v) is 6.55. The molecule has 2 aromatic carbocycles. The van der Waals surface area contributed by atoms with Crippen LogP contribution < -0.4 is 0 Å². The maximum absolute atomic E-state index is 6.21. The summed E-state index contributed by atoms with van der Waals surface area (Å²) < 4.78 is 7.40. The molecule has 0 amide bonds. The minimum Gasteiger partial charge on any atom is -0.376 e. The van der Waals surface area contributed by atoms with E-state index in [9.17, 15) is 0 Å². The minimum atomic E-state index is 0.327. The Morgan fingerprint density at radius 3 is 2.54 bits per heavy atom. The Morgan fingerprint density at radius 2 is 1.75 bits per heavy atom. The average Bonchev–Trinajstić information content (AvgIpc) is 2.94. The average molecular weight is 443 g/mol. The van der Waals surface area contributed by atoms with Crippen LogP contribution in [0, 0.1) is 0 Å². The van der Waals surface area contributed by atoms with Crippen LogP contribution in [0.4, 0.5) is 0 Å². The lowest BCUT2D eigenvalue weighted by Gasteiger charge is -2.35. The van der Waals surface area contributed by atoms with E-state index in [1.54, 1.807) is 0 Å². The van der Waals surface area contributed by atoms with Crippen LogP contribution in [0.25, 0.3) is 0 Å². The summed E-state index contributed by atoms with van der Waals surface area (Å²) in [7, 11) is 0. The first-order valence-corrected chi connectivity index (χ1v) is 11.4. The molecular weight excluding hydrogens is 412 g/mol. The van der Waals surface area contributed by atoms with Crippen molar-refractivity contribution in [3.63, 3.8) is 0 Å². The summed E-state index contributed by atoms with van der Waals surface area (Å²) in [6.07, 6.45) is 3.95. The normalized spacial score (nSPS) is 22.8. The van der Waals surface area contributed by atoms with Crippen LogP contribution in [0.3, 0.4) is 0 Å². The van der Waals surface area contributed by atoms with E-state index >= 15 is 0 Å². The van der Waals surface area contributed by atoms with E-state index in [0.29, 0.717) is 12.0 Å². The van der Waals surface area contributed by atoms with E-state index in [2.05, 4.69) is 80.3 Å². The van der Waals surface area contributed by atoms with E-state index in [0.717, 1.165) is 39.2 Å². The first kappa shape index (κ1) is 20.1. The molecule has 0 bridgehead atoms. The second kappa shape index (κ2) is 10.0. The highest BCUT2D eigenvalue weighted by molar-refractivity contribution is 9.10. The Labute approximate surface area is 177 Å². The van der Waals surface area contributed by atoms with Crippen molar-refractivity contribution in [2.24, 2.45) is 0 Å². The lowest BCUT2D eigenvalue weighted by Crippen LogP contribution is -2.43. The molecule has 2 heterocycles. The summed E-state index contributed by atoms with van der Waals surface area (Å²) in [6.45, 7) is 7.52. The number of likely N-dealkylation sites (tertiary alicyclic amines) is 1. The largest absolute Gasteiger partial charge is 0.376 e. The maximum atomic E-state index is 6.21. The van der Waals surface area contributed by atoms with Crippen molar-refractivity contribution >= 4 is 15.9 Å². The quantitative estimate of drug-likeness (QED) is 0.653. The van der Waals surface area contributed by atoms with Gasteiger partial charge in [-0.15, -0.1) is 0 Å². The summed E-state index contributed by atoms with van der Waals surface area (Å²) in [5, 5.41) is 0. The Balaban J connectivity index is 1.28. The van der Waals surface area contributed by atoms with Crippen molar-refractivity contribution in [3.8, 4) is 0 Å². The highest BCUT2D eigenvalue weighted by Crippen LogP contribution is 2.29. The van der Waals surface area contributed by atoms with Crippen molar-refractivity contribution < 1.29 is 4.74 Å². The van der Waals surface area contributed by atoms with Gasteiger partial charge >= 0.3 is 0 Å². The van der Waals surface area contributed by atoms with Crippen LogP contribution in [-0.2, 0) is 11.3 Å². The molecule has 0 spiro atoms. The van der Waals surface area contributed by atoms with E-state index < -0.39 is 0 Å². The third kappa shape index (κ3) is 5.66. The summed E-state index contributed by atoms with van der Waals surface area (Å²) in [4.78, 5) is 5.19. The first-order valence-electron chi connectivity index (χ1n) is 10.6. The minimum absolute atomic E-state index is 0.327. The van der Waals surface area contributed by atoms with Gasteiger partial charge in [0.25, 0.3) is 0 Å². The SMILES string of the molecule is Brc1cccc(C2CCN(CC3CN(Cc4ccccc4)CCCO3)CC2)c1. The van der Waals surface area contributed by atoms with Gasteiger partial charge in [0.05, 0.1) is 6.10 Å². The van der Waals surface area contributed by atoms with Gasteiger partial charge in [-0.2, -0.15) is 0 Å². The molecule has 2 aromatic rings. The van der Waals surface area contributed by atoms with Crippen LogP contribution in [0.5, 0.6) is 0 Å². The lowest BCUT2D eigenvalue weighted by molar-refractivity contribution is 0.0203. The fourth-order valence-corrected chi connectivity index (χ4v) is 4.98. The molecule has 0 aliphatic carbocycles. The number of hydrogen-bond donors (Lipinski definition) is 0. The number of halogens is 1. The zero-order chi connectivity index (χ0) is 19.2. The smallest absolute Gasteiger partial charge is 0.0828 e. The number of piperidine rings is 1. The van der Waals surface area contributed by atoms with Gasteiger partial charge in [-0.25, -0.2) is 0 Å². The zero-order valence-corrected chi connectivity index (χ0v) is 18.2. The van der Waals surface area contributed by atoms with Crippen LogP contribution in [0.15, 0.2) is 59.1 Å². The van der Waals surface area contributed by atoms with E-state index in [-0.39, 0.29) is 0 Å². The Morgan fingerprint density at radius 1 is 0.929 bits per heavy atom. The van der Waals surface area contributed by atoms with Crippen LogP contribution >= 0.6 is 15.9 Å². The zero-order valence-electron chi connectivity index (χ0n) is 16.6. The molecule has 150 valence electrons. The number of rotatable bonds is 5. The number of ether oxygens (including phenoxy) is 1. The highest BCUT2D eigenvalue weighted by Gasteiger charge is 2.25. The highest BCUT2D eigenvalue weighted by atomic mass is 79.9. The molecule has 2 saturated heterocycles. The molecule has 0 aromatic heterocycles. The molecule has 2 aliphatic heterocycles. The van der Waals surface area contributed by atoms with E-state index in [1.165, 1.54) is 41.5 Å². The van der Waals surface area contributed by atoms with Gasteiger partial charge in [0, 0.05) is 37.3 Å². The molecule has 1 atom stereocenters. The Kier molecular flexibility index (Phi) is 7.19. The van der Waals surface area contributed by atoms with Crippen LogP contribution in [0.1, 0.15) is 36.3 Å². The standard InChI is InChI=1S/C24H31BrN2O/c25-23-9-4-8-22(16-23)21-10-13-26(14-11-21)18-24-19-27(12-5-15-28-24)17-20-6-2-1-3-7-20/h1-4,6-9,16,21,24H,5,10-15,17-19H2. The fraction of sp³-hybridized carbons (Fsp3) is 0.500. The van der Waals surface area contributed by atoms with Crippen LogP contribution in [-0.4, -0.2) is 55.2 Å². The molecule has 0 N–H and O–H groups in total. The molecule has 0 radical (unpaired) electrons. The van der Waals surface area contributed by atoms with Crippen molar-refractivity contribution in [2.75, 3.05) is 39.3 Å². The lowest BCUT2D eigenvalue weighted by atomic mass is 9.89. The van der Waals surface area contributed by atoms with Gasteiger partial charge in [-0.1, -0.05) is 58.4 Å². The third-order valence-electron chi connectivity index (χ3n) is 6.05. The van der Waals surface area contributed by atoms with Crippen molar-refractivity contribution in [1.29, 1.82) is 0 Å². The van der Waals surface area contributed by atoms with Crippen LogP contribution in [0.2, 0.25) is 0 Å². The van der Waals surface area contributed by atoms with E-state index in [1.807, 2.05) is 0 Å². The molecule has 28 heavy (non-hydrogen) atoms. The van der Waals surface area contributed by atoms with Crippen molar-refractivity contribution in [3.05, 3.63) is 70.2 Å². The predicted octanol–water partition coefficient (Wildman–Crippen LogP) is 4.92. The number of nitrogens with zero attached hydrogens (tertiary/aromatic N) is 2. The second-order valence-corrected chi connectivity index (χ2v) is 9.11. The fourth-order valence-electron chi connectivity index (χ4n) is 4.56. The Bertz CT molecular complexity index is 730. The number of hydrogen-bond acceptors (Lipinski definition) is 3. The van der Waals surface area contributed by atoms with E-state index in [4.69, 9.17) is 4.74 Å². The summed E-state index contributed by atoms with van der Waals surface area (Å²) >= 11 is 3.61. The molecule has 4 rings (SSSR count). The van der Waals surface area contributed by atoms with Gasteiger partial charge in [0.2, 0.25) is 0 Å². The van der Waals surface area contributed by atoms with Gasteiger partial charge in [0.15, 0.2) is 0 Å². The maximum Gasteiger partial charge on any atom is 0.0828 e. The predicted molar refractivity (Wildman–Crippen MR) is 119 cm³/mol. The monoisotopic (exact) mass is 442 g/mol. The molecule has 4 heteroatoms. The van der Waals surface area contributed by atoms with Gasteiger partial charge < -0.3 is 9.64 Å². The molecule has 0 saturated carbocycles. The number of benzene rings is 2. The van der Waals surface area contributed by atoms with Crippen molar-refractivity contribution in [1.82, 2.24) is 9.80 Å². The van der Waals surface area contributed by atoms with Gasteiger partial charge in [0.1, 0.15) is 0 Å². The van der Waals surface area contributed by atoms with Crippen molar-refractivity contribution in [2.45, 2.75) is 37.8 Å². The molecule has 2 aliphatic rings. The summed E-state index contributed by atoms with van der Waals surface area (Å²) in [6, 6.07) is 19.7. The topological polar surface area (TPSA) is 15.7 Å².